The van der Waals surface area contributed by atoms with Crippen LogP contribution in [0.4, 0.5) is 5.69 Å². The van der Waals surface area contributed by atoms with Gasteiger partial charge in [-0.05, 0) is 49.8 Å². The maximum Gasteiger partial charge on any atom is 0.195 e. The number of aromatic amines is 1. The summed E-state index contributed by atoms with van der Waals surface area (Å²) in [6.07, 6.45) is 5.60. The quantitative estimate of drug-likeness (QED) is 0.159. The molecule has 2 aromatic rings. The number of nitrogens with one attached hydrogen (secondary N) is 3. The molecule has 3 N–H and O–H groups in total. The smallest absolute Gasteiger partial charge is 0.195 e. The van der Waals surface area contributed by atoms with E-state index in [1.807, 2.05) is 31.3 Å². The summed E-state index contributed by atoms with van der Waals surface area (Å²) in [5.41, 5.74) is 3.29. The molecule has 33 heavy (non-hydrogen) atoms. The van der Waals surface area contributed by atoms with Crippen LogP contribution in [0.3, 0.4) is 0 Å². The maximum absolute atomic E-state index is 5.82. The lowest BCUT2D eigenvalue weighted by molar-refractivity contribution is 0.108. The van der Waals surface area contributed by atoms with Crippen LogP contribution in [0, 0.1) is 12.8 Å². The lowest BCUT2D eigenvalue weighted by atomic mass is 10.1. The van der Waals surface area contributed by atoms with Crippen molar-refractivity contribution < 1.29 is 14.2 Å². The van der Waals surface area contributed by atoms with Crippen molar-refractivity contribution in [3.05, 3.63) is 35.7 Å². The highest BCUT2D eigenvalue weighted by Crippen LogP contribution is 2.32. The number of anilines is 1. The van der Waals surface area contributed by atoms with Crippen LogP contribution in [0.15, 0.2) is 29.4 Å². The summed E-state index contributed by atoms with van der Waals surface area (Å²) < 4.78 is 17.2. The first-order chi connectivity index (χ1) is 15.6. The Bertz CT molecular complexity index is 856. The molecule has 0 fully saturated rings. The van der Waals surface area contributed by atoms with E-state index in [0.717, 1.165) is 74.3 Å². The third-order valence-corrected chi connectivity index (χ3v) is 5.03. The molecule has 1 aromatic carbocycles. The fourth-order valence-electron chi connectivity index (χ4n) is 3.31. The molecule has 9 heteroatoms. The van der Waals surface area contributed by atoms with Gasteiger partial charge in [-0.25, -0.2) is 0 Å². The molecule has 8 nitrogen and oxygen atoms in total. The van der Waals surface area contributed by atoms with E-state index in [2.05, 4.69) is 34.7 Å². The second kappa shape index (κ2) is 15.0. The van der Waals surface area contributed by atoms with E-state index < -0.39 is 0 Å². The molecular weight excluding hydrogens is 533 g/mol. The number of aromatic nitrogens is 2. The molecule has 0 bridgehead atoms. The largest absolute Gasteiger partial charge is 0.490 e. The molecule has 2 heterocycles. The second-order valence-electron chi connectivity index (χ2n) is 8.44. The number of rotatable bonds is 11. The zero-order valence-corrected chi connectivity index (χ0v) is 22.3. The number of aryl methyl sites for hydroxylation is 2. The summed E-state index contributed by atoms with van der Waals surface area (Å²) in [6.45, 7) is 10.8. The fourth-order valence-corrected chi connectivity index (χ4v) is 3.31. The summed E-state index contributed by atoms with van der Waals surface area (Å²) in [5.74, 6) is 2.87. The molecule has 0 spiro atoms. The number of fused-ring (bicyclic) bond motifs is 1. The fraction of sp³-hybridized carbons (Fsp3) is 0.583. The molecule has 0 aliphatic carbocycles. The Balaban J connectivity index is 0.00000385. The van der Waals surface area contributed by atoms with E-state index in [4.69, 9.17) is 19.2 Å². The highest BCUT2D eigenvalue weighted by atomic mass is 127. The first kappa shape index (κ1) is 27.2. The minimum atomic E-state index is 0. The Hall–Kier alpha value is -2.01. The summed E-state index contributed by atoms with van der Waals surface area (Å²) in [5, 5.41) is 13.9. The first-order valence-electron chi connectivity index (χ1n) is 11.6. The monoisotopic (exact) mass is 571 g/mol. The van der Waals surface area contributed by atoms with E-state index in [-0.39, 0.29) is 24.0 Å². The normalized spacial score (nSPS) is 13.4. The molecule has 0 amide bonds. The lowest BCUT2D eigenvalue weighted by Gasteiger charge is -2.15. The van der Waals surface area contributed by atoms with E-state index in [0.29, 0.717) is 25.7 Å². The third kappa shape index (κ3) is 9.79. The van der Waals surface area contributed by atoms with Crippen molar-refractivity contribution in [1.82, 2.24) is 15.5 Å². The molecule has 0 saturated heterocycles. The van der Waals surface area contributed by atoms with Gasteiger partial charge in [-0.3, -0.25) is 10.1 Å². The molecule has 1 aliphatic heterocycles. The number of nitrogens with zero attached hydrogens (tertiary/aromatic N) is 2. The third-order valence-electron chi connectivity index (χ3n) is 5.03. The van der Waals surface area contributed by atoms with Crippen LogP contribution < -0.4 is 20.1 Å². The molecular formula is C24H38IN5O3. The predicted molar refractivity (Wildman–Crippen MR) is 143 cm³/mol. The van der Waals surface area contributed by atoms with Gasteiger partial charge in [-0.1, -0.05) is 13.8 Å². The van der Waals surface area contributed by atoms with E-state index in [9.17, 15) is 0 Å². The van der Waals surface area contributed by atoms with Crippen LogP contribution in [0.2, 0.25) is 0 Å². The topological polar surface area (TPSA) is 92.8 Å². The van der Waals surface area contributed by atoms with Gasteiger partial charge in [0.25, 0.3) is 0 Å². The van der Waals surface area contributed by atoms with Crippen molar-refractivity contribution in [2.75, 3.05) is 44.8 Å². The van der Waals surface area contributed by atoms with Crippen molar-refractivity contribution in [1.29, 1.82) is 0 Å². The minimum Gasteiger partial charge on any atom is -0.490 e. The number of aliphatic imine (C=N–C) groups is 1. The Morgan fingerprint density at radius 2 is 2.03 bits per heavy atom. The van der Waals surface area contributed by atoms with Crippen molar-refractivity contribution in [2.24, 2.45) is 10.9 Å². The number of hydrogen-bond donors (Lipinski definition) is 3. The van der Waals surface area contributed by atoms with Gasteiger partial charge in [-0.2, -0.15) is 5.10 Å². The zero-order valence-electron chi connectivity index (χ0n) is 20.0. The average molecular weight is 572 g/mol. The van der Waals surface area contributed by atoms with Gasteiger partial charge in [0, 0.05) is 50.2 Å². The number of benzene rings is 1. The number of H-pyrrole nitrogens is 1. The Kier molecular flexibility index (Phi) is 12.4. The van der Waals surface area contributed by atoms with Crippen LogP contribution in [-0.2, 0) is 11.2 Å². The van der Waals surface area contributed by atoms with Gasteiger partial charge in [0.2, 0.25) is 0 Å². The van der Waals surface area contributed by atoms with Crippen molar-refractivity contribution in [3.8, 4) is 11.5 Å². The van der Waals surface area contributed by atoms with Gasteiger partial charge < -0.3 is 24.8 Å². The van der Waals surface area contributed by atoms with E-state index in [1.54, 1.807) is 0 Å². The van der Waals surface area contributed by atoms with E-state index >= 15 is 0 Å². The van der Waals surface area contributed by atoms with Gasteiger partial charge in [-0.15, -0.1) is 24.0 Å². The van der Waals surface area contributed by atoms with Crippen LogP contribution in [0.5, 0.6) is 11.5 Å². The molecule has 184 valence electrons. The van der Waals surface area contributed by atoms with Crippen LogP contribution in [0.25, 0.3) is 0 Å². The summed E-state index contributed by atoms with van der Waals surface area (Å²) in [6, 6.07) is 5.91. The van der Waals surface area contributed by atoms with Crippen molar-refractivity contribution >= 4 is 35.6 Å². The summed E-state index contributed by atoms with van der Waals surface area (Å²) in [7, 11) is 0. The van der Waals surface area contributed by atoms with Crippen molar-refractivity contribution in [3.63, 3.8) is 0 Å². The highest BCUT2D eigenvalue weighted by molar-refractivity contribution is 14.0. The predicted octanol–water partition coefficient (Wildman–Crippen LogP) is 4.55. The van der Waals surface area contributed by atoms with Crippen LogP contribution in [-0.4, -0.2) is 55.7 Å². The van der Waals surface area contributed by atoms with Gasteiger partial charge in [0.1, 0.15) is 0 Å². The second-order valence-corrected chi connectivity index (χ2v) is 8.44. The van der Waals surface area contributed by atoms with Gasteiger partial charge in [0.05, 0.1) is 19.4 Å². The lowest BCUT2D eigenvalue weighted by Crippen LogP contribution is -2.32. The van der Waals surface area contributed by atoms with Crippen LogP contribution >= 0.6 is 24.0 Å². The summed E-state index contributed by atoms with van der Waals surface area (Å²) in [4.78, 5) is 4.78. The van der Waals surface area contributed by atoms with Gasteiger partial charge >= 0.3 is 0 Å². The first-order valence-corrected chi connectivity index (χ1v) is 11.6. The molecule has 0 radical (unpaired) electrons. The standard InChI is InChI=1S/C24H37N5O3.HI/c1-18(2)17-30-12-5-11-26-24(25-10-4-7-20-16-27-29-19(20)3)28-21-8-9-22-23(15-21)32-14-6-13-31-22;/h8-9,15-16,18H,4-7,10-14,17H2,1-3H3,(H,27,29)(H2,25,26,28);1H. The van der Waals surface area contributed by atoms with Gasteiger partial charge in [0.15, 0.2) is 17.5 Å². The SMILES string of the molecule is Cc1[nH]ncc1CCCN=C(NCCCOCC(C)C)Nc1ccc2c(c1)OCCCO2.I. The maximum atomic E-state index is 5.82. The molecule has 1 aliphatic rings. The van der Waals surface area contributed by atoms with Crippen molar-refractivity contribution in [2.45, 2.75) is 46.5 Å². The number of halogens is 1. The average Bonchev–Trinajstić information content (AvgIpc) is 3.04. The molecule has 1 aromatic heterocycles. The minimum absolute atomic E-state index is 0. The number of hydrogen-bond acceptors (Lipinski definition) is 5. The van der Waals surface area contributed by atoms with E-state index in [1.165, 1.54) is 5.56 Å². The Morgan fingerprint density at radius 1 is 1.21 bits per heavy atom. The van der Waals surface area contributed by atoms with Crippen LogP contribution in [0.1, 0.15) is 44.4 Å². The zero-order chi connectivity index (χ0) is 22.6. The highest BCUT2D eigenvalue weighted by Gasteiger charge is 2.11. The molecule has 0 saturated carbocycles. The summed E-state index contributed by atoms with van der Waals surface area (Å²) >= 11 is 0. The Morgan fingerprint density at radius 3 is 2.79 bits per heavy atom. The number of guanidine groups is 1. The molecule has 3 rings (SSSR count). The molecule has 0 unspecified atom stereocenters. The Labute approximate surface area is 214 Å². The molecule has 0 atom stereocenters. The number of ether oxygens (including phenoxy) is 3.